The summed E-state index contributed by atoms with van der Waals surface area (Å²) in [5.74, 6) is -1.73. The quantitative estimate of drug-likeness (QED) is 0.105. The molecule has 50 heavy (non-hydrogen) atoms. The molecule has 1 unspecified atom stereocenters. The lowest BCUT2D eigenvalue weighted by molar-refractivity contribution is -0.123. The minimum Gasteiger partial charge on any atom is -0.366 e. The van der Waals surface area contributed by atoms with Crippen molar-refractivity contribution in [2.45, 2.75) is 58.7 Å². The molecule has 10 heteroatoms. The van der Waals surface area contributed by atoms with Crippen LogP contribution in [-0.2, 0) is 11.2 Å². The number of nitrogens with one attached hydrogen (secondary N) is 4. The van der Waals surface area contributed by atoms with Gasteiger partial charge in [0.2, 0.25) is 11.8 Å². The van der Waals surface area contributed by atoms with Crippen molar-refractivity contribution in [3.8, 4) is 11.1 Å². The lowest BCUT2D eigenvalue weighted by Crippen LogP contribution is -2.50. The van der Waals surface area contributed by atoms with Gasteiger partial charge in [-0.15, -0.1) is 0 Å². The molecule has 0 aliphatic heterocycles. The summed E-state index contributed by atoms with van der Waals surface area (Å²) in [6.07, 6.45) is 1.04. The average Bonchev–Trinajstić information content (AvgIpc) is 3.11. The van der Waals surface area contributed by atoms with Crippen molar-refractivity contribution >= 4 is 23.6 Å². The van der Waals surface area contributed by atoms with Crippen molar-refractivity contribution in [3.63, 3.8) is 0 Å². The van der Waals surface area contributed by atoms with Crippen molar-refractivity contribution in [2.75, 3.05) is 13.1 Å². The summed E-state index contributed by atoms with van der Waals surface area (Å²) < 4.78 is 13.5. The number of carbonyl (C=O) groups excluding carboxylic acids is 4. The maximum atomic E-state index is 14.0. The molecule has 6 N–H and O–H groups in total. The molecule has 262 valence electrons. The highest BCUT2D eigenvalue weighted by molar-refractivity contribution is 6.04. The summed E-state index contributed by atoms with van der Waals surface area (Å²) in [7, 11) is 0. The highest BCUT2D eigenvalue weighted by atomic mass is 19.1. The number of primary amides is 1. The summed E-state index contributed by atoms with van der Waals surface area (Å²) >= 11 is 0. The second-order valence-electron chi connectivity index (χ2n) is 12.8. The van der Waals surface area contributed by atoms with E-state index in [2.05, 4.69) is 21.3 Å². The van der Waals surface area contributed by atoms with Crippen molar-refractivity contribution < 1.29 is 23.6 Å². The van der Waals surface area contributed by atoms with Gasteiger partial charge in [0.1, 0.15) is 5.82 Å². The van der Waals surface area contributed by atoms with Crippen LogP contribution in [0.15, 0.2) is 97.1 Å². The third kappa shape index (κ3) is 10.6. The van der Waals surface area contributed by atoms with Gasteiger partial charge in [0.25, 0.3) is 11.8 Å². The van der Waals surface area contributed by atoms with Crippen molar-refractivity contribution in [2.24, 2.45) is 11.7 Å². The Morgan fingerprint density at radius 2 is 1.38 bits per heavy atom. The highest BCUT2D eigenvalue weighted by Crippen LogP contribution is 2.27. The van der Waals surface area contributed by atoms with E-state index in [4.69, 9.17) is 5.73 Å². The van der Waals surface area contributed by atoms with Crippen LogP contribution >= 0.6 is 0 Å². The third-order valence-corrected chi connectivity index (χ3v) is 8.36. The molecule has 0 aliphatic carbocycles. The summed E-state index contributed by atoms with van der Waals surface area (Å²) in [5, 5.41) is 12.3. The van der Waals surface area contributed by atoms with Gasteiger partial charge in [0, 0.05) is 35.8 Å². The van der Waals surface area contributed by atoms with Crippen LogP contribution in [0.2, 0.25) is 0 Å². The second kappa shape index (κ2) is 17.9. The van der Waals surface area contributed by atoms with E-state index in [1.807, 2.05) is 51.1 Å². The number of carbonyl (C=O) groups is 4. The van der Waals surface area contributed by atoms with Gasteiger partial charge in [-0.1, -0.05) is 81.4 Å². The fourth-order valence-electron chi connectivity index (χ4n) is 5.59. The minimum absolute atomic E-state index is 0.0997. The van der Waals surface area contributed by atoms with Gasteiger partial charge in [0.05, 0.1) is 12.1 Å². The zero-order valence-corrected chi connectivity index (χ0v) is 29.0. The predicted octanol–water partition coefficient (Wildman–Crippen LogP) is 5.56. The summed E-state index contributed by atoms with van der Waals surface area (Å²) in [4.78, 5) is 52.9. The van der Waals surface area contributed by atoms with Crippen molar-refractivity contribution in [3.05, 3.63) is 131 Å². The fraction of sp³-hybridized carbons (Fsp3) is 0.300. The van der Waals surface area contributed by atoms with Gasteiger partial charge in [-0.25, -0.2) is 4.39 Å². The Kier molecular flexibility index (Phi) is 13.4. The largest absolute Gasteiger partial charge is 0.366 e. The molecule has 4 aromatic carbocycles. The number of halogens is 1. The van der Waals surface area contributed by atoms with Crippen LogP contribution in [0.25, 0.3) is 11.1 Å². The number of benzene rings is 4. The van der Waals surface area contributed by atoms with Crippen molar-refractivity contribution in [1.29, 1.82) is 0 Å². The molecule has 0 bridgehead atoms. The molecule has 0 saturated carbocycles. The van der Waals surface area contributed by atoms with Gasteiger partial charge >= 0.3 is 0 Å². The van der Waals surface area contributed by atoms with Gasteiger partial charge in [-0.3, -0.25) is 19.2 Å². The van der Waals surface area contributed by atoms with E-state index in [1.54, 1.807) is 55.5 Å². The molecule has 3 atom stereocenters. The predicted molar refractivity (Wildman–Crippen MR) is 194 cm³/mol. The molecule has 0 spiro atoms. The maximum absolute atomic E-state index is 14.0. The van der Waals surface area contributed by atoms with E-state index in [0.29, 0.717) is 48.5 Å². The van der Waals surface area contributed by atoms with Crippen LogP contribution in [0.4, 0.5) is 4.39 Å². The topological polar surface area (TPSA) is 142 Å². The molecular formula is C40H46FN5O4. The Hall–Kier alpha value is -5.35. The van der Waals surface area contributed by atoms with E-state index in [0.717, 1.165) is 5.56 Å². The standard InChI is InChI=1S/C40H46FN5O4/c1-5-36(40(50)44-23-25(2)3)43-24-33(19-27-11-7-6-8-12-27)46-39(49)31-21-29(34-13-9-10-14-35(34)37(42)47)20-30(22-31)38(48)45-26(4)28-15-17-32(41)18-16-28/h6-18,20-22,25-26,33,36,43H,5,19,23-24H2,1-4H3,(H2,42,47)(H,44,50)(H,45,48)(H,46,49)/t26?,33-,36-/m0/s1. The molecular weight excluding hydrogens is 633 g/mol. The lowest BCUT2D eigenvalue weighted by Gasteiger charge is -2.24. The molecule has 4 rings (SSSR count). The zero-order valence-electron chi connectivity index (χ0n) is 29.0. The van der Waals surface area contributed by atoms with E-state index in [-0.39, 0.29) is 28.4 Å². The molecule has 0 aromatic heterocycles. The molecule has 9 nitrogen and oxygen atoms in total. The van der Waals surface area contributed by atoms with E-state index in [1.165, 1.54) is 18.2 Å². The number of nitrogens with two attached hydrogens (primary N) is 1. The van der Waals surface area contributed by atoms with E-state index < -0.39 is 35.8 Å². The van der Waals surface area contributed by atoms with Crippen LogP contribution in [0.5, 0.6) is 0 Å². The first-order valence-electron chi connectivity index (χ1n) is 16.9. The Bertz CT molecular complexity index is 1780. The Morgan fingerprint density at radius 1 is 0.760 bits per heavy atom. The van der Waals surface area contributed by atoms with Crippen LogP contribution in [-0.4, -0.2) is 48.8 Å². The smallest absolute Gasteiger partial charge is 0.251 e. The van der Waals surface area contributed by atoms with Gasteiger partial charge in [-0.05, 0) is 84.3 Å². The third-order valence-electron chi connectivity index (χ3n) is 8.36. The second-order valence-corrected chi connectivity index (χ2v) is 12.8. The molecule has 0 aliphatic rings. The Balaban J connectivity index is 1.65. The minimum atomic E-state index is -0.650. The molecule has 4 amide bonds. The zero-order chi connectivity index (χ0) is 36.2. The van der Waals surface area contributed by atoms with E-state index >= 15 is 0 Å². The van der Waals surface area contributed by atoms with Crippen LogP contribution in [0, 0.1) is 11.7 Å². The number of hydrogen-bond acceptors (Lipinski definition) is 5. The average molecular weight is 680 g/mol. The molecule has 4 aromatic rings. The first-order valence-corrected chi connectivity index (χ1v) is 16.9. The van der Waals surface area contributed by atoms with E-state index in [9.17, 15) is 23.6 Å². The van der Waals surface area contributed by atoms with Crippen LogP contribution < -0.4 is 27.0 Å². The number of hydrogen-bond donors (Lipinski definition) is 5. The molecule has 0 radical (unpaired) electrons. The van der Waals surface area contributed by atoms with Crippen LogP contribution in [0.1, 0.15) is 82.4 Å². The first-order chi connectivity index (χ1) is 23.9. The SMILES string of the molecule is CC[C@H](NC[C@H](Cc1ccccc1)NC(=O)c1cc(C(=O)NC(C)c2ccc(F)cc2)cc(-c2ccccc2C(N)=O)c1)C(=O)NCC(C)C. The molecule has 0 heterocycles. The Labute approximate surface area is 293 Å². The molecule has 0 saturated heterocycles. The van der Waals surface area contributed by atoms with Crippen LogP contribution in [0.3, 0.4) is 0 Å². The maximum Gasteiger partial charge on any atom is 0.251 e. The summed E-state index contributed by atoms with van der Waals surface area (Å²) in [6, 6.07) is 25.7. The Morgan fingerprint density at radius 3 is 2.00 bits per heavy atom. The van der Waals surface area contributed by atoms with Gasteiger partial charge in [0.15, 0.2) is 0 Å². The summed E-state index contributed by atoms with van der Waals surface area (Å²) in [5.41, 5.74) is 8.94. The monoisotopic (exact) mass is 679 g/mol. The highest BCUT2D eigenvalue weighted by Gasteiger charge is 2.23. The van der Waals surface area contributed by atoms with Gasteiger partial charge in [-0.2, -0.15) is 0 Å². The normalized spacial score (nSPS) is 12.8. The van der Waals surface area contributed by atoms with Crippen molar-refractivity contribution in [1.82, 2.24) is 21.3 Å². The molecule has 0 fully saturated rings. The van der Waals surface area contributed by atoms with Gasteiger partial charge < -0.3 is 27.0 Å². The lowest BCUT2D eigenvalue weighted by atomic mass is 9.94. The number of rotatable bonds is 16. The summed E-state index contributed by atoms with van der Waals surface area (Å²) in [6.45, 7) is 8.64. The first kappa shape index (κ1) is 37.5. The fourth-order valence-corrected chi connectivity index (χ4v) is 5.59. The number of amides is 4.